The van der Waals surface area contributed by atoms with Crippen molar-refractivity contribution >= 4 is 33.2 Å². The molecule has 164 valence electrons. The highest BCUT2D eigenvalue weighted by atomic mass is 35.5. The van der Waals surface area contributed by atoms with Crippen LogP contribution in [0.25, 0.3) is 5.69 Å². The predicted molar refractivity (Wildman–Crippen MR) is 113 cm³/mol. The lowest BCUT2D eigenvalue weighted by Gasteiger charge is -2.21. The second kappa shape index (κ2) is 8.33. The molecule has 0 fully saturated rings. The number of hydrogen-bond acceptors (Lipinski definition) is 6. The molecule has 0 aliphatic heterocycles. The number of amides is 1. The second-order valence-electron chi connectivity index (χ2n) is 7.76. The van der Waals surface area contributed by atoms with E-state index in [-0.39, 0.29) is 21.2 Å². The van der Waals surface area contributed by atoms with Gasteiger partial charge in [0.15, 0.2) is 5.82 Å². The molecule has 0 radical (unpaired) electrons. The number of carbonyl (C=O) groups excluding carboxylic acids is 1. The molecule has 3 aromatic rings. The van der Waals surface area contributed by atoms with Crippen molar-refractivity contribution in [1.82, 2.24) is 24.9 Å². The number of anilines is 1. The highest BCUT2D eigenvalue weighted by molar-refractivity contribution is 7.89. The summed E-state index contributed by atoms with van der Waals surface area (Å²) in [6, 6.07) is 7.77. The van der Waals surface area contributed by atoms with Crippen LogP contribution in [0.3, 0.4) is 0 Å². The molecule has 1 amide bonds. The van der Waals surface area contributed by atoms with Crippen LogP contribution in [0.1, 0.15) is 37.0 Å². The minimum Gasteiger partial charge on any atom is -0.319 e. The van der Waals surface area contributed by atoms with Crippen molar-refractivity contribution in [2.45, 2.75) is 38.1 Å². The molecule has 12 heteroatoms. The Morgan fingerprint density at radius 1 is 1.16 bits per heavy atom. The van der Waals surface area contributed by atoms with Crippen LogP contribution in [0.5, 0.6) is 0 Å². The Hall–Kier alpha value is -2.89. The van der Waals surface area contributed by atoms with Crippen LogP contribution >= 0.6 is 11.6 Å². The third-order valence-electron chi connectivity index (χ3n) is 3.99. The average Bonchev–Trinajstić information content (AvgIpc) is 3.07. The number of aromatic nitrogens is 4. The van der Waals surface area contributed by atoms with Crippen molar-refractivity contribution in [2.24, 2.45) is 0 Å². The molecule has 0 atom stereocenters. The molecule has 0 aliphatic carbocycles. The van der Waals surface area contributed by atoms with E-state index in [4.69, 9.17) is 11.6 Å². The molecule has 2 N–H and O–H groups in total. The topological polar surface area (TPSA) is 119 Å². The van der Waals surface area contributed by atoms with Gasteiger partial charge in [-0.15, -0.1) is 5.10 Å². The number of benzene rings is 2. The first-order valence-corrected chi connectivity index (χ1v) is 10.9. The Labute approximate surface area is 183 Å². The maximum atomic E-state index is 14.3. The zero-order valence-corrected chi connectivity index (χ0v) is 18.7. The van der Waals surface area contributed by atoms with Crippen molar-refractivity contribution in [2.75, 3.05) is 5.32 Å². The molecule has 0 saturated heterocycles. The van der Waals surface area contributed by atoms with Crippen LogP contribution in [0, 0.1) is 12.7 Å². The summed E-state index contributed by atoms with van der Waals surface area (Å²) in [5.74, 6) is -0.921. The number of aryl methyl sites for hydroxylation is 1. The van der Waals surface area contributed by atoms with Crippen molar-refractivity contribution in [3.8, 4) is 5.69 Å². The Morgan fingerprint density at radius 2 is 1.87 bits per heavy atom. The van der Waals surface area contributed by atoms with Crippen molar-refractivity contribution in [3.05, 3.63) is 58.6 Å². The zero-order valence-electron chi connectivity index (χ0n) is 17.1. The zero-order chi connectivity index (χ0) is 23.0. The highest BCUT2D eigenvalue weighted by Crippen LogP contribution is 2.25. The maximum absolute atomic E-state index is 14.3. The van der Waals surface area contributed by atoms with Crippen LogP contribution in [0.4, 0.5) is 10.1 Å². The SMILES string of the molecule is Cc1nnnn1-c1ccc(F)c(NC(=O)c2ccc(Cl)c(S(=O)(=O)NC(C)(C)C)c2)c1. The van der Waals surface area contributed by atoms with Crippen LogP contribution in [0.15, 0.2) is 41.3 Å². The fraction of sp³-hybridized carbons (Fsp3) is 0.263. The molecular weight excluding hydrogens is 447 g/mol. The first kappa shape index (κ1) is 22.8. The van der Waals surface area contributed by atoms with Crippen LogP contribution < -0.4 is 10.0 Å². The van der Waals surface area contributed by atoms with Crippen molar-refractivity contribution in [1.29, 1.82) is 0 Å². The molecule has 2 aromatic carbocycles. The van der Waals surface area contributed by atoms with Gasteiger partial charge in [0.25, 0.3) is 5.91 Å². The van der Waals surface area contributed by atoms with Gasteiger partial charge >= 0.3 is 0 Å². The van der Waals surface area contributed by atoms with E-state index in [0.717, 1.165) is 12.1 Å². The summed E-state index contributed by atoms with van der Waals surface area (Å²) in [4.78, 5) is 12.5. The first-order valence-electron chi connectivity index (χ1n) is 9.07. The third-order valence-corrected chi connectivity index (χ3v) is 6.23. The first-order chi connectivity index (χ1) is 14.4. The van der Waals surface area contributed by atoms with Gasteiger partial charge in [0.1, 0.15) is 10.7 Å². The monoisotopic (exact) mass is 466 g/mol. The molecule has 0 aliphatic rings. The molecule has 0 spiro atoms. The number of halogens is 2. The minimum atomic E-state index is -3.99. The normalized spacial score (nSPS) is 12.1. The molecule has 0 saturated carbocycles. The minimum absolute atomic E-state index is 0.0120. The van der Waals surface area contributed by atoms with E-state index in [2.05, 4.69) is 25.6 Å². The predicted octanol–water partition coefficient (Wildman–Crippen LogP) is 3.09. The Morgan fingerprint density at radius 3 is 2.48 bits per heavy atom. The molecule has 3 rings (SSSR count). The molecular formula is C19H20ClFN6O3S. The highest BCUT2D eigenvalue weighted by Gasteiger charge is 2.25. The number of nitrogens with zero attached hydrogens (tertiary/aromatic N) is 4. The summed E-state index contributed by atoms with van der Waals surface area (Å²) in [6.07, 6.45) is 0. The standard InChI is InChI=1S/C19H20ClFN6O3S/c1-11-23-25-26-27(11)13-6-8-15(21)16(10-13)22-18(28)12-5-7-14(20)17(9-12)31(29,30)24-19(2,3)4/h5-10,24H,1-4H3,(H,22,28). The van der Waals surface area contributed by atoms with Gasteiger partial charge < -0.3 is 5.32 Å². The molecule has 1 heterocycles. The molecule has 0 unspecified atom stereocenters. The summed E-state index contributed by atoms with van der Waals surface area (Å²) < 4.78 is 43.5. The number of rotatable bonds is 5. The van der Waals surface area contributed by atoms with Crippen LogP contribution in [0.2, 0.25) is 5.02 Å². The van der Waals surface area contributed by atoms with Crippen LogP contribution in [-0.4, -0.2) is 40.1 Å². The van der Waals surface area contributed by atoms with Crippen LogP contribution in [-0.2, 0) is 10.0 Å². The molecule has 0 bridgehead atoms. The van der Waals surface area contributed by atoms with Gasteiger partial charge in [-0.2, -0.15) is 4.68 Å². The largest absolute Gasteiger partial charge is 0.319 e. The van der Waals surface area contributed by atoms with Gasteiger partial charge in [0.05, 0.1) is 16.4 Å². The lowest BCUT2D eigenvalue weighted by atomic mass is 10.1. The van der Waals surface area contributed by atoms with Crippen molar-refractivity contribution in [3.63, 3.8) is 0 Å². The van der Waals surface area contributed by atoms with Crippen molar-refractivity contribution < 1.29 is 17.6 Å². The van der Waals surface area contributed by atoms with Gasteiger partial charge in [-0.3, -0.25) is 4.79 Å². The number of carbonyl (C=O) groups is 1. The quantitative estimate of drug-likeness (QED) is 0.596. The van der Waals surface area contributed by atoms with Gasteiger partial charge in [-0.1, -0.05) is 11.6 Å². The maximum Gasteiger partial charge on any atom is 0.255 e. The van der Waals surface area contributed by atoms with E-state index in [1.807, 2.05) is 0 Å². The summed E-state index contributed by atoms with van der Waals surface area (Å²) in [6.45, 7) is 6.70. The molecule has 9 nitrogen and oxygen atoms in total. The second-order valence-corrected chi connectivity index (χ2v) is 9.81. The van der Waals surface area contributed by atoms with Gasteiger partial charge in [-0.25, -0.2) is 17.5 Å². The van der Waals surface area contributed by atoms with E-state index in [1.54, 1.807) is 27.7 Å². The van der Waals surface area contributed by atoms with E-state index in [9.17, 15) is 17.6 Å². The van der Waals surface area contributed by atoms with E-state index in [0.29, 0.717) is 11.5 Å². The van der Waals surface area contributed by atoms with Gasteiger partial charge in [-0.05, 0) is 74.5 Å². The summed E-state index contributed by atoms with van der Waals surface area (Å²) in [7, 11) is -3.99. The summed E-state index contributed by atoms with van der Waals surface area (Å²) in [5, 5.41) is 13.5. The van der Waals surface area contributed by atoms with E-state index >= 15 is 0 Å². The van der Waals surface area contributed by atoms with E-state index < -0.39 is 27.3 Å². The Kier molecular flexibility index (Phi) is 6.12. The lowest BCUT2D eigenvalue weighted by Crippen LogP contribution is -2.40. The fourth-order valence-corrected chi connectivity index (χ4v) is 4.66. The van der Waals surface area contributed by atoms with Gasteiger partial charge in [0, 0.05) is 11.1 Å². The number of tetrazole rings is 1. The third kappa shape index (κ3) is 5.24. The summed E-state index contributed by atoms with van der Waals surface area (Å²) >= 11 is 6.06. The van der Waals surface area contributed by atoms with E-state index in [1.165, 1.54) is 28.9 Å². The fourth-order valence-electron chi connectivity index (χ4n) is 2.71. The lowest BCUT2D eigenvalue weighted by molar-refractivity contribution is 0.102. The molecule has 31 heavy (non-hydrogen) atoms. The number of nitrogens with one attached hydrogen (secondary N) is 2. The van der Waals surface area contributed by atoms with Gasteiger partial charge in [0.2, 0.25) is 10.0 Å². The smallest absolute Gasteiger partial charge is 0.255 e. The average molecular weight is 467 g/mol. The number of sulfonamides is 1. The Balaban J connectivity index is 1.92. The number of hydrogen-bond donors (Lipinski definition) is 2. The Bertz CT molecular complexity index is 1250. The summed E-state index contributed by atoms with van der Waals surface area (Å²) in [5.41, 5.74) is -0.446. The molecule has 1 aromatic heterocycles.